The maximum atomic E-state index is 10.9. The summed E-state index contributed by atoms with van der Waals surface area (Å²) in [6.45, 7) is 5.92. The predicted octanol–water partition coefficient (Wildman–Crippen LogP) is 3.61. The second-order valence-electron chi connectivity index (χ2n) is 4.49. The minimum atomic E-state index is -0.794. The molecule has 0 spiro atoms. The van der Waals surface area contributed by atoms with E-state index in [2.05, 4.69) is 18.8 Å². The molecule has 0 aliphatic carbocycles. The lowest BCUT2D eigenvalue weighted by Gasteiger charge is -2.05. The van der Waals surface area contributed by atoms with Crippen molar-refractivity contribution >= 4 is 27.5 Å². The Morgan fingerprint density at radius 3 is 2.65 bits per heavy atom. The number of carboxylic acids is 1. The molecule has 2 aromatic rings. The van der Waals surface area contributed by atoms with E-state index in [4.69, 9.17) is 5.11 Å². The van der Waals surface area contributed by atoms with E-state index in [1.807, 2.05) is 18.2 Å². The maximum absolute atomic E-state index is 10.9. The summed E-state index contributed by atoms with van der Waals surface area (Å²) in [5.41, 5.74) is 1.80. The number of thiazole rings is 1. The van der Waals surface area contributed by atoms with Crippen LogP contribution in [0.2, 0.25) is 0 Å². The molecule has 0 radical (unpaired) electrons. The van der Waals surface area contributed by atoms with Crippen LogP contribution in [0.25, 0.3) is 10.2 Å². The average molecular weight is 249 g/mol. The number of carbonyl (C=O) groups is 1. The zero-order valence-electron chi connectivity index (χ0n) is 10.1. The molecule has 0 saturated heterocycles. The maximum Gasteiger partial charge on any atom is 0.310 e. The first-order chi connectivity index (χ1) is 7.99. The fourth-order valence-electron chi connectivity index (χ4n) is 1.62. The molecule has 0 fully saturated rings. The number of aliphatic carboxylic acids is 1. The Hall–Kier alpha value is -1.42. The summed E-state index contributed by atoms with van der Waals surface area (Å²) in [5, 5.41) is 10.1. The number of aromatic nitrogens is 1. The van der Waals surface area contributed by atoms with Crippen LogP contribution in [0.5, 0.6) is 0 Å². The number of nitrogens with zero attached hydrogens (tertiary/aromatic N) is 1. The Labute approximate surface area is 104 Å². The molecule has 0 amide bonds. The van der Waals surface area contributed by atoms with E-state index in [0.717, 1.165) is 20.8 Å². The number of hydrogen-bond acceptors (Lipinski definition) is 3. The Morgan fingerprint density at radius 2 is 2.06 bits per heavy atom. The third-order valence-corrected chi connectivity index (χ3v) is 4.11. The van der Waals surface area contributed by atoms with Crippen molar-refractivity contribution < 1.29 is 9.90 Å². The van der Waals surface area contributed by atoms with Crippen molar-refractivity contribution in [3.8, 4) is 0 Å². The first-order valence-corrected chi connectivity index (χ1v) is 6.44. The van der Waals surface area contributed by atoms with Gasteiger partial charge in [-0.3, -0.25) is 4.79 Å². The standard InChI is InChI=1S/C13H15NO2S/c1-7(2)12-14-10-5-4-9(6-11(10)17-12)8(3)13(15)16/h4-8H,1-3H3,(H,15,16). The van der Waals surface area contributed by atoms with E-state index in [0.29, 0.717) is 5.92 Å². The number of rotatable bonds is 3. The molecule has 90 valence electrons. The molecule has 4 heteroatoms. The van der Waals surface area contributed by atoms with Crippen molar-refractivity contribution in [1.82, 2.24) is 4.98 Å². The van der Waals surface area contributed by atoms with Crippen molar-refractivity contribution in [1.29, 1.82) is 0 Å². The highest BCUT2D eigenvalue weighted by Crippen LogP contribution is 2.29. The second-order valence-corrected chi connectivity index (χ2v) is 5.56. The predicted molar refractivity (Wildman–Crippen MR) is 69.8 cm³/mol. The van der Waals surface area contributed by atoms with Gasteiger partial charge in [0, 0.05) is 5.92 Å². The minimum Gasteiger partial charge on any atom is -0.481 e. The van der Waals surface area contributed by atoms with E-state index >= 15 is 0 Å². The number of carboxylic acid groups (broad SMARTS) is 1. The van der Waals surface area contributed by atoms with Gasteiger partial charge in [-0.2, -0.15) is 0 Å². The number of benzene rings is 1. The van der Waals surface area contributed by atoms with Crippen LogP contribution in [0.4, 0.5) is 0 Å². The third kappa shape index (κ3) is 2.31. The van der Waals surface area contributed by atoms with Crippen LogP contribution in [-0.2, 0) is 4.79 Å². The van der Waals surface area contributed by atoms with Crippen molar-refractivity contribution in [2.24, 2.45) is 0 Å². The molecule has 1 aromatic carbocycles. The van der Waals surface area contributed by atoms with Crippen LogP contribution in [0.15, 0.2) is 18.2 Å². The van der Waals surface area contributed by atoms with Gasteiger partial charge in [-0.05, 0) is 24.6 Å². The van der Waals surface area contributed by atoms with Gasteiger partial charge in [-0.25, -0.2) is 4.98 Å². The summed E-state index contributed by atoms with van der Waals surface area (Å²) >= 11 is 1.64. The molecule has 1 unspecified atom stereocenters. The van der Waals surface area contributed by atoms with E-state index in [1.54, 1.807) is 18.3 Å². The molecule has 1 aromatic heterocycles. The van der Waals surface area contributed by atoms with Gasteiger partial charge in [0.25, 0.3) is 0 Å². The van der Waals surface area contributed by atoms with Gasteiger partial charge in [0.1, 0.15) is 0 Å². The Kier molecular flexibility index (Phi) is 3.15. The zero-order chi connectivity index (χ0) is 12.6. The highest BCUT2D eigenvalue weighted by atomic mass is 32.1. The summed E-state index contributed by atoms with van der Waals surface area (Å²) < 4.78 is 1.07. The van der Waals surface area contributed by atoms with Crippen LogP contribution in [0.1, 0.15) is 43.2 Å². The van der Waals surface area contributed by atoms with Crippen LogP contribution in [0, 0.1) is 0 Å². The van der Waals surface area contributed by atoms with Crippen molar-refractivity contribution in [3.63, 3.8) is 0 Å². The smallest absolute Gasteiger partial charge is 0.310 e. The lowest BCUT2D eigenvalue weighted by atomic mass is 10.0. The van der Waals surface area contributed by atoms with Gasteiger partial charge < -0.3 is 5.11 Å². The van der Waals surface area contributed by atoms with E-state index in [1.165, 1.54) is 0 Å². The number of fused-ring (bicyclic) bond motifs is 1. The Bertz CT molecular complexity index is 560. The van der Waals surface area contributed by atoms with Crippen LogP contribution >= 0.6 is 11.3 Å². The van der Waals surface area contributed by atoms with Gasteiger partial charge in [0.2, 0.25) is 0 Å². The topological polar surface area (TPSA) is 50.2 Å². The summed E-state index contributed by atoms with van der Waals surface area (Å²) in [6, 6.07) is 5.70. The SMILES string of the molecule is CC(C)c1nc2ccc(C(C)C(=O)O)cc2s1. The normalized spacial score (nSPS) is 13.2. The fraction of sp³-hybridized carbons (Fsp3) is 0.385. The highest BCUT2D eigenvalue weighted by molar-refractivity contribution is 7.18. The summed E-state index contributed by atoms with van der Waals surface area (Å²) in [7, 11) is 0. The summed E-state index contributed by atoms with van der Waals surface area (Å²) in [5.74, 6) is -0.852. The largest absolute Gasteiger partial charge is 0.481 e. The molecule has 17 heavy (non-hydrogen) atoms. The lowest BCUT2D eigenvalue weighted by molar-refractivity contribution is -0.138. The first kappa shape index (κ1) is 12.0. The highest BCUT2D eigenvalue weighted by Gasteiger charge is 2.15. The minimum absolute atomic E-state index is 0.410. The van der Waals surface area contributed by atoms with Crippen molar-refractivity contribution in [3.05, 3.63) is 28.8 Å². The molecule has 2 rings (SSSR count). The third-order valence-electron chi connectivity index (χ3n) is 2.79. The van der Waals surface area contributed by atoms with E-state index < -0.39 is 11.9 Å². The monoisotopic (exact) mass is 249 g/mol. The summed E-state index contributed by atoms with van der Waals surface area (Å²) in [6.07, 6.45) is 0. The van der Waals surface area contributed by atoms with E-state index in [-0.39, 0.29) is 0 Å². The summed E-state index contributed by atoms with van der Waals surface area (Å²) in [4.78, 5) is 15.5. The van der Waals surface area contributed by atoms with Gasteiger partial charge in [0.05, 0.1) is 21.1 Å². The van der Waals surface area contributed by atoms with Gasteiger partial charge in [0.15, 0.2) is 0 Å². The first-order valence-electron chi connectivity index (χ1n) is 5.62. The van der Waals surface area contributed by atoms with Crippen LogP contribution < -0.4 is 0 Å². The Morgan fingerprint density at radius 1 is 1.35 bits per heavy atom. The van der Waals surface area contributed by atoms with Crippen molar-refractivity contribution in [2.75, 3.05) is 0 Å². The molecule has 1 atom stereocenters. The molecule has 0 aliphatic heterocycles. The molecule has 0 aliphatic rings. The van der Waals surface area contributed by atoms with E-state index in [9.17, 15) is 4.79 Å². The molecule has 1 N–H and O–H groups in total. The lowest BCUT2D eigenvalue weighted by Crippen LogP contribution is -2.06. The molecular formula is C13H15NO2S. The van der Waals surface area contributed by atoms with Crippen LogP contribution in [0.3, 0.4) is 0 Å². The van der Waals surface area contributed by atoms with Crippen molar-refractivity contribution in [2.45, 2.75) is 32.6 Å². The Balaban J connectivity index is 2.46. The van der Waals surface area contributed by atoms with Gasteiger partial charge in [-0.15, -0.1) is 11.3 Å². The fourth-order valence-corrected chi connectivity index (χ4v) is 2.64. The average Bonchev–Trinajstić information content (AvgIpc) is 2.70. The molecule has 3 nitrogen and oxygen atoms in total. The molecule has 0 saturated carbocycles. The zero-order valence-corrected chi connectivity index (χ0v) is 10.9. The number of hydrogen-bond donors (Lipinski definition) is 1. The molecule has 1 heterocycles. The molecule has 0 bridgehead atoms. The van der Waals surface area contributed by atoms with Gasteiger partial charge >= 0.3 is 5.97 Å². The second kappa shape index (κ2) is 4.45. The quantitative estimate of drug-likeness (QED) is 0.904. The van der Waals surface area contributed by atoms with Crippen LogP contribution in [-0.4, -0.2) is 16.1 Å². The van der Waals surface area contributed by atoms with Gasteiger partial charge in [-0.1, -0.05) is 19.9 Å². The molecular weight excluding hydrogens is 234 g/mol.